The summed E-state index contributed by atoms with van der Waals surface area (Å²) in [5, 5.41) is 3.29. The van der Waals surface area contributed by atoms with Crippen LogP contribution in [0.3, 0.4) is 0 Å². The van der Waals surface area contributed by atoms with E-state index in [4.69, 9.17) is 25.8 Å². The van der Waals surface area contributed by atoms with Gasteiger partial charge in [-0.1, -0.05) is 30.2 Å². The zero-order chi connectivity index (χ0) is 19.6. The Morgan fingerprint density at radius 2 is 1.86 bits per heavy atom. The van der Waals surface area contributed by atoms with E-state index in [1.54, 1.807) is 30.3 Å². The van der Waals surface area contributed by atoms with Crippen molar-refractivity contribution in [3.8, 4) is 11.5 Å². The lowest BCUT2D eigenvalue weighted by Crippen LogP contribution is -2.44. The van der Waals surface area contributed by atoms with Gasteiger partial charge in [0.15, 0.2) is 18.1 Å². The molecule has 1 N–H and O–H groups in total. The van der Waals surface area contributed by atoms with E-state index in [0.717, 1.165) is 12.0 Å². The molecule has 0 radical (unpaired) electrons. The zero-order valence-electron chi connectivity index (χ0n) is 15.2. The number of carbonyl (C=O) groups is 2. The normalized spacial score (nSPS) is 16.6. The maximum Gasteiger partial charge on any atom is 0.317 e. The number of benzene rings is 2. The molecule has 2 aromatic carbocycles. The molecule has 0 bridgehead atoms. The highest BCUT2D eigenvalue weighted by Gasteiger charge is 2.47. The van der Waals surface area contributed by atoms with Gasteiger partial charge in [0.25, 0.3) is 5.91 Å². The average Bonchev–Trinajstić information content (AvgIpc) is 2.65. The number of nitrogens with one attached hydrogen (secondary N) is 1. The summed E-state index contributed by atoms with van der Waals surface area (Å²) in [6, 6.07) is 12.4. The first-order chi connectivity index (χ1) is 13.6. The molecule has 1 amide bonds. The molecule has 0 unspecified atom stereocenters. The average molecular weight is 402 g/mol. The van der Waals surface area contributed by atoms with Crippen molar-refractivity contribution >= 4 is 29.2 Å². The maximum absolute atomic E-state index is 12.7. The number of fused-ring (bicyclic) bond motifs is 1. The summed E-state index contributed by atoms with van der Waals surface area (Å²) in [7, 11) is 0. The molecule has 1 aliphatic heterocycles. The first-order valence-corrected chi connectivity index (χ1v) is 9.57. The molecule has 2 aliphatic rings. The van der Waals surface area contributed by atoms with Gasteiger partial charge in [-0.2, -0.15) is 0 Å². The van der Waals surface area contributed by atoms with Crippen molar-refractivity contribution in [1.29, 1.82) is 0 Å². The summed E-state index contributed by atoms with van der Waals surface area (Å²) in [6.07, 6.45) is 2.32. The SMILES string of the molecule is O=C(COC(=O)C1(c2cccc(Cl)c2)CCC1)Nc1ccc2c(c1)OCCO2. The van der Waals surface area contributed by atoms with Gasteiger partial charge in [0, 0.05) is 16.8 Å². The van der Waals surface area contributed by atoms with Crippen LogP contribution in [0.2, 0.25) is 5.02 Å². The largest absolute Gasteiger partial charge is 0.486 e. The first-order valence-electron chi connectivity index (χ1n) is 9.20. The summed E-state index contributed by atoms with van der Waals surface area (Å²) < 4.78 is 16.3. The van der Waals surface area contributed by atoms with Gasteiger partial charge in [-0.25, -0.2) is 0 Å². The first kappa shape index (κ1) is 18.6. The number of hydrogen-bond acceptors (Lipinski definition) is 5. The Morgan fingerprint density at radius 3 is 2.57 bits per heavy atom. The molecule has 7 heteroatoms. The number of amides is 1. The minimum Gasteiger partial charge on any atom is -0.486 e. The molecule has 146 valence electrons. The summed E-state index contributed by atoms with van der Waals surface area (Å²) >= 11 is 6.07. The smallest absolute Gasteiger partial charge is 0.317 e. The molecular formula is C21H20ClNO5. The highest BCUT2D eigenvalue weighted by molar-refractivity contribution is 6.30. The Bertz CT molecular complexity index is 909. The summed E-state index contributed by atoms with van der Waals surface area (Å²) in [6.45, 7) is 0.617. The second kappa shape index (κ2) is 7.72. The van der Waals surface area contributed by atoms with Crippen LogP contribution < -0.4 is 14.8 Å². The molecule has 0 spiro atoms. The molecule has 1 heterocycles. The summed E-state index contributed by atoms with van der Waals surface area (Å²) in [5.74, 6) is 0.420. The second-order valence-electron chi connectivity index (χ2n) is 6.93. The van der Waals surface area contributed by atoms with Crippen LogP contribution in [0.15, 0.2) is 42.5 Å². The van der Waals surface area contributed by atoms with Gasteiger partial charge >= 0.3 is 5.97 Å². The highest BCUT2D eigenvalue weighted by Crippen LogP contribution is 2.45. The van der Waals surface area contributed by atoms with Gasteiger partial charge in [0.05, 0.1) is 5.41 Å². The Kier molecular flexibility index (Phi) is 5.13. The van der Waals surface area contributed by atoms with E-state index in [1.807, 2.05) is 12.1 Å². The van der Waals surface area contributed by atoms with Gasteiger partial charge in [-0.15, -0.1) is 0 Å². The highest BCUT2D eigenvalue weighted by atomic mass is 35.5. The van der Waals surface area contributed by atoms with Gasteiger partial charge in [0.1, 0.15) is 13.2 Å². The number of ether oxygens (including phenoxy) is 3. The van der Waals surface area contributed by atoms with Crippen LogP contribution in [0.1, 0.15) is 24.8 Å². The molecule has 2 aromatic rings. The van der Waals surface area contributed by atoms with E-state index in [-0.39, 0.29) is 6.61 Å². The van der Waals surface area contributed by atoms with Gasteiger partial charge < -0.3 is 19.5 Å². The zero-order valence-corrected chi connectivity index (χ0v) is 16.0. The van der Waals surface area contributed by atoms with Crippen LogP contribution in [-0.4, -0.2) is 31.7 Å². The van der Waals surface area contributed by atoms with E-state index in [9.17, 15) is 9.59 Å². The predicted molar refractivity (Wildman–Crippen MR) is 104 cm³/mol. The monoisotopic (exact) mass is 401 g/mol. The lowest BCUT2D eigenvalue weighted by atomic mass is 9.64. The fourth-order valence-electron chi connectivity index (χ4n) is 3.51. The van der Waals surface area contributed by atoms with E-state index >= 15 is 0 Å². The quantitative estimate of drug-likeness (QED) is 0.773. The van der Waals surface area contributed by atoms with Gasteiger partial charge in [-0.05, 0) is 42.7 Å². The topological polar surface area (TPSA) is 73.9 Å². The van der Waals surface area contributed by atoms with Crippen LogP contribution in [0.25, 0.3) is 0 Å². The number of esters is 1. The molecule has 1 fully saturated rings. The molecule has 6 nitrogen and oxygen atoms in total. The summed E-state index contributed by atoms with van der Waals surface area (Å²) in [4.78, 5) is 25.0. The van der Waals surface area contributed by atoms with Crippen molar-refractivity contribution in [2.75, 3.05) is 25.1 Å². The van der Waals surface area contributed by atoms with Crippen LogP contribution in [0.5, 0.6) is 11.5 Å². The van der Waals surface area contributed by atoms with Crippen molar-refractivity contribution in [3.63, 3.8) is 0 Å². The Hall–Kier alpha value is -2.73. The van der Waals surface area contributed by atoms with Crippen LogP contribution in [0, 0.1) is 0 Å². The van der Waals surface area contributed by atoms with Crippen LogP contribution in [-0.2, 0) is 19.7 Å². The molecule has 0 saturated heterocycles. The van der Waals surface area contributed by atoms with Crippen molar-refractivity contribution in [1.82, 2.24) is 0 Å². The number of hydrogen-bond donors (Lipinski definition) is 1. The van der Waals surface area contributed by atoms with Crippen molar-refractivity contribution in [2.24, 2.45) is 0 Å². The van der Waals surface area contributed by atoms with Gasteiger partial charge in [-0.3, -0.25) is 9.59 Å². The lowest BCUT2D eigenvalue weighted by Gasteiger charge is -2.39. The third-order valence-corrected chi connectivity index (χ3v) is 5.37. The Morgan fingerprint density at radius 1 is 1.07 bits per heavy atom. The third-order valence-electron chi connectivity index (χ3n) is 5.14. The van der Waals surface area contributed by atoms with Crippen LogP contribution >= 0.6 is 11.6 Å². The predicted octanol–water partition coefficient (Wildman–Crippen LogP) is 3.71. The van der Waals surface area contributed by atoms with Gasteiger partial charge in [0.2, 0.25) is 0 Å². The fourth-order valence-corrected chi connectivity index (χ4v) is 3.70. The fraction of sp³-hybridized carbons (Fsp3) is 0.333. The van der Waals surface area contributed by atoms with Crippen molar-refractivity contribution in [2.45, 2.75) is 24.7 Å². The summed E-state index contributed by atoms with van der Waals surface area (Å²) in [5.41, 5.74) is 0.685. The second-order valence-corrected chi connectivity index (χ2v) is 7.37. The third kappa shape index (κ3) is 3.64. The minimum absolute atomic E-state index is 0.352. The molecular weight excluding hydrogens is 382 g/mol. The molecule has 4 rings (SSSR count). The number of halogens is 1. The Balaban J connectivity index is 1.37. The van der Waals surface area contributed by atoms with Crippen molar-refractivity contribution in [3.05, 3.63) is 53.1 Å². The maximum atomic E-state index is 12.7. The standard InChI is InChI=1S/C21H20ClNO5/c22-15-4-1-3-14(11-15)21(7-2-8-21)20(25)28-13-19(24)23-16-5-6-17-18(12-16)27-10-9-26-17/h1,3-6,11-12H,2,7-10,13H2,(H,23,24). The minimum atomic E-state index is -0.706. The van der Waals surface area contributed by atoms with E-state index in [0.29, 0.717) is 48.3 Å². The molecule has 0 aromatic heterocycles. The molecule has 1 saturated carbocycles. The Labute approximate surface area is 167 Å². The molecule has 1 aliphatic carbocycles. The number of anilines is 1. The van der Waals surface area contributed by atoms with E-state index in [1.165, 1.54) is 0 Å². The number of rotatable bonds is 5. The number of carbonyl (C=O) groups excluding carboxylic acids is 2. The van der Waals surface area contributed by atoms with E-state index in [2.05, 4.69) is 5.32 Å². The van der Waals surface area contributed by atoms with Crippen LogP contribution in [0.4, 0.5) is 5.69 Å². The molecule has 28 heavy (non-hydrogen) atoms. The van der Waals surface area contributed by atoms with E-state index < -0.39 is 17.3 Å². The van der Waals surface area contributed by atoms with Crippen molar-refractivity contribution < 1.29 is 23.8 Å². The molecule has 0 atom stereocenters. The lowest BCUT2D eigenvalue weighted by molar-refractivity contribution is -0.156.